The molecule has 1 nitrogen and oxygen atoms in total. The Hall–Kier alpha value is -5.66. The van der Waals surface area contributed by atoms with Gasteiger partial charge < -0.3 is 4.90 Å². The summed E-state index contributed by atoms with van der Waals surface area (Å²) in [4.78, 5) is 2.50. The zero-order valence-electron chi connectivity index (χ0n) is 32.2. The fourth-order valence-electron chi connectivity index (χ4n) is 10.6. The Bertz CT molecular complexity index is 2340. The van der Waals surface area contributed by atoms with Gasteiger partial charge in [-0.1, -0.05) is 181 Å². The summed E-state index contributed by atoms with van der Waals surface area (Å²) >= 11 is 0. The first-order valence-electron chi connectivity index (χ1n) is 19.6. The van der Waals surface area contributed by atoms with E-state index in [2.05, 4.69) is 210 Å². The molecule has 3 aliphatic rings. The van der Waals surface area contributed by atoms with Crippen LogP contribution in [0.2, 0.25) is 0 Å². The summed E-state index contributed by atoms with van der Waals surface area (Å²) in [7, 11) is 0. The van der Waals surface area contributed by atoms with Crippen molar-refractivity contribution in [1.29, 1.82) is 0 Å². The maximum absolute atomic E-state index is 2.55. The van der Waals surface area contributed by atoms with Crippen LogP contribution in [0, 0.1) is 0 Å². The van der Waals surface area contributed by atoms with E-state index in [1.165, 1.54) is 83.8 Å². The lowest BCUT2D eigenvalue weighted by molar-refractivity contribution is 0.594. The zero-order valence-corrected chi connectivity index (χ0v) is 32.2. The summed E-state index contributed by atoms with van der Waals surface area (Å²) in [6, 6.07) is 62.2. The average Bonchev–Trinajstić information content (AvgIpc) is 3.19. The van der Waals surface area contributed by atoms with Crippen molar-refractivity contribution in [2.75, 3.05) is 4.90 Å². The number of anilines is 3. The number of hydrogen-bond acceptors (Lipinski definition) is 1. The molecule has 2 aliphatic carbocycles. The van der Waals surface area contributed by atoms with E-state index >= 15 is 0 Å². The zero-order chi connectivity index (χ0) is 37.0. The number of nitrogens with zero attached hydrogens (tertiary/aromatic N) is 1. The van der Waals surface area contributed by atoms with E-state index in [-0.39, 0.29) is 28.1 Å². The van der Waals surface area contributed by atoms with Crippen molar-refractivity contribution >= 4 is 17.1 Å². The highest BCUT2D eigenvalue weighted by molar-refractivity contribution is 5.86. The molecule has 7 aromatic rings. The van der Waals surface area contributed by atoms with E-state index in [0.717, 1.165) is 0 Å². The molecule has 0 unspecified atom stereocenters. The maximum atomic E-state index is 2.55. The summed E-state index contributed by atoms with van der Waals surface area (Å²) in [6.07, 6.45) is 0. The molecule has 264 valence electrons. The molecule has 0 amide bonds. The molecule has 0 fully saturated rings. The SMILES string of the molecule is CC1(C)c2ccccc2C(c2ccc3c(c2)C(C)(C)c2cc(C4c5ccccc5C(C)(C)c5ccccc54)ccc2N3c2ccccc2)c2ccccc21. The molecule has 1 heterocycles. The molecule has 0 atom stereocenters. The standard InChI is InChI=1S/C53H47N/c1-51(2)41-24-14-10-20-37(41)49(38-21-11-15-25-42(38)51)34-28-30-47-45(32-34)53(5,6)46-33-35(29-31-48(46)54(47)36-18-8-7-9-19-36)50-39-22-12-16-26-43(39)52(3,4)44-27-17-13-23-40(44)50/h7-33,49-50H,1-6H3. The minimum Gasteiger partial charge on any atom is -0.310 e. The molecule has 0 spiro atoms. The van der Waals surface area contributed by atoms with Gasteiger partial charge in [0.05, 0.1) is 11.4 Å². The molecular formula is C53H47N. The van der Waals surface area contributed by atoms with Crippen molar-refractivity contribution in [2.45, 2.75) is 69.6 Å². The Labute approximate surface area is 321 Å². The van der Waals surface area contributed by atoms with E-state index in [1.807, 2.05) is 0 Å². The fraction of sp³-hybridized carbons (Fsp3) is 0.208. The number of hydrogen-bond donors (Lipinski definition) is 0. The van der Waals surface area contributed by atoms with Gasteiger partial charge in [-0.25, -0.2) is 0 Å². The van der Waals surface area contributed by atoms with Crippen LogP contribution in [0.3, 0.4) is 0 Å². The summed E-state index contributed by atoms with van der Waals surface area (Å²) in [6.45, 7) is 14.4. The monoisotopic (exact) mass is 697 g/mol. The summed E-state index contributed by atoms with van der Waals surface area (Å²) in [5, 5.41) is 0. The third kappa shape index (κ3) is 4.57. The quantitative estimate of drug-likeness (QED) is 0.178. The third-order valence-electron chi connectivity index (χ3n) is 13.3. The summed E-state index contributed by atoms with van der Waals surface area (Å²) in [5.74, 6) is 0.311. The van der Waals surface area contributed by atoms with E-state index in [9.17, 15) is 0 Å². The van der Waals surface area contributed by atoms with Gasteiger partial charge in [0.2, 0.25) is 0 Å². The highest BCUT2D eigenvalue weighted by Crippen LogP contribution is 2.56. The Morgan fingerprint density at radius 1 is 0.333 bits per heavy atom. The van der Waals surface area contributed by atoms with Gasteiger partial charge in [-0.15, -0.1) is 0 Å². The molecule has 0 saturated heterocycles. The first kappa shape index (κ1) is 32.9. The lowest BCUT2D eigenvalue weighted by Crippen LogP contribution is -2.33. The molecule has 54 heavy (non-hydrogen) atoms. The maximum Gasteiger partial charge on any atom is 0.0502 e. The van der Waals surface area contributed by atoms with E-state index in [1.54, 1.807) is 0 Å². The number of benzene rings is 7. The lowest BCUT2D eigenvalue weighted by atomic mass is 9.63. The molecule has 0 saturated carbocycles. The summed E-state index contributed by atoms with van der Waals surface area (Å²) in [5.41, 5.74) is 20.0. The van der Waals surface area contributed by atoms with Crippen molar-refractivity contribution in [3.8, 4) is 0 Å². The van der Waals surface area contributed by atoms with Crippen LogP contribution in [0.4, 0.5) is 17.1 Å². The topological polar surface area (TPSA) is 3.24 Å². The number of rotatable bonds is 3. The fourth-order valence-corrected chi connectivity index (χ4v) is 10.6. The predicted octanol–water partition coefficient (Wildman–Crippen LogP) is 13.4. The van der Waals surface area contributed by atoms with Crippen molar-refractivity contribution < 1.29 is 0 Å². The van der Waals surface area contributed by atoms with Crippen LogP contribution < -0.4 is 4.90 Å². The Morgan fingerprint density at radius 3 is 1.02 bits per heavy atom. The van der Waals surface area contributed by atoms with Crippen LogP contribution in [0.1, 0.15) is 120 Å². The van der Waals surface area contributed by atoms with Gasteiger partial charge in [0.15, 0.2) is 0 Å². The van der Waals surface area contributed by atoms with Crippen LogP contribution in [-0.4, -0.2) is 0 Å². The second kappa shape index (κ2) is 11.7. The smallest absolute Gasteiger partial charge is 0.0502 e. The van der Waals surface area contributed by atoms with Crippen LogP contribution in [0.15, 0.2) is 164 Å². The van der Waals surface area contributed by atoms with Gasteiger partial charge in [0, 0.05) is 33.8 Å². The Kier molecular flexibility index (Phi) is 7.12. The van der Waals surface area contributed by atoms with Crippen LogP contribution in [-0.2, 0) is 16.2 Å². The number of para-hydroxylation sites is 1. The molecule has 7 aromatic carbocycles. The lowest BCUT2D eigenvalue weighted by Gasteiger charge is -2.44. The average molecular weight is 698 g/mol. The van der Waals surface area contributed by atoms with E-state index in [0.29, 0.717) is 0 Å². The van der Waals surface area contributed by atoms with Gasteiger partial charge in [-0.05, 0) is 91.0 Å². The first-order chi connectivity index (χ1) is 26.1. The van der Waals surface area contributed by atoms with Crippen molar-refractivity contribution in [2.24, 2.45) is 0 Å². The number of fused-ring (bicyclic) bond motifs is 6. The minimum atomic E-state index is -0.262. The second-order valence-corrected chi connectivity index (χ2v) is 17.3. The van der Waals surface area contributed by atoms with Gasteiger partial charge in [0.25, 0.3) is 0 Å². The first-order valence-corrected chi connectivity index (χ1v) is 19.6. The minimum absolute atomic E-state index is 0.0673. The highest BCUT2D eigenvalue weighted by Gasteiger charge is 2.42. The third-order valence-corrected chi connectivity index (χ3v) is 13.3. The van der Waals surface area contributed by atoms with Crippen LogP contribution in [0.5, 0.6) is 0 Å². The Balaban J connectivity index is 1.19. The molecule has 0 aromatic heterocycles. The molecule has 0 bridgehead atoms. The van der Waals surface area contributed by atoms with Gasteiger partial charge in [-0.3, -0.25) is 0 Å². The second-order valence-electron chi connectivity index (χ2n) is 17.3. The summed E-state index contributed by atoms with van der Waals surface area (Å²) < 4.78 is 0. The van der Waals surface area contributed by atoms with Crippen molar-refractivity contribution in [3.63, 3.8) is 0 Å². The molecule has 0 N–H and O–H groups in total. The van der Waals surface area contributed by atoms with Gasteiger partial charge in [0.1, 0.15) is 0 Å². The molecule has 1 heteroatoms. The van der Waals surface area contributed by atoms with Crippen LogP contribution in [0.25, 0.3) is 0 Å². The van der Waals surface area contributed by atoms with Crippen molar-refractivity contribution in [3.05, 3.63) is 231 Å². The largest absolute Gasteiger partial charge is 0.310 e. The Morgan fingerprint density at radius 2 is 0.648 bits per heavy atom. The molecule has 1 aliphatic heterocycles. The molecule has 0 radical (unpaired) electrons. The normalized spacial score (nSPS) is 17.3. The highest BCUT2D eigenvalue weighted by atomic mass is 15.2. The molecule has 10 rings (SSSR count). The van der Waals surface area contributed by atoms with Crippen molar-refractivity contribution in [1.82, 2.24) is 0 Å². The van der Waals surface area contributed by atoms with Crippen LogP contribution >= 0.6 is 0 Å². The van der Waals surface area contributed by atoms with Gasteiger partial charge >= 0.3 is 0 Å². The molecular weight excluding hydrogens is 651 g/mol. The van der Waals surface area contributed by atoms with Gasteiger partial charge in [-0.2, -0.15) is 0 Å². The predicted molar refractivity (Wildman–Crippen MR) is 225 cm³/mol. The van der Waals surface area contributed by atoms with E-state index < -0.39 is 0 Å². The van der Waals surface area contributed by atoms with E-state index in [4.69, 9.17) is 0 Å².